The van der Waals surface area contributed by atoms with Crippen molar-refractivity contribution in [1.29, 1.82) is 0 Å². The summed E-state index contributed by atoms with van der Waals surface area (Å²) in [6, 6.07) is 11.8. The Balaban J connectivity index is 1.54. The minimum absolute atomic E-state index is 0.0955. The van der Waals surface area contributed by atoms with Crippen molar-refractivity contribution in [2.24, 2.45) is 17.6 Å². The molecule has 0 radical (unpaired) electrons. The maximum Gasteiger partial charge on any atom is 0.255 e. The number of aromatic hydroxyl groups is 1. The summed E-state index contributed by atoms with van der Waals surface area (Å²) < 4.78 is 0. The van der Waals surface area contributed by atoms with Crippen molar-refractivity contribution < 1.29 is 34.8 Å². The van der Waals surface area contributed by atoms with E-state index in [1.54, 1.807) is 0 Å². The first kappa shape index (κ1) is 27.4. The molecule has 1 fully saturated rings. The van der Waals surface area contributed by atoms with Crippen LogP contribution >= 0.6 is 0 Å². The molecule has 0 spiro atoms. The van der Waals surface area contributed by atoms with Gasteiger partial charge in [0.2, 0.25) is 5.78 Å². The summed E-state index contributed by atoms with van der Waals surface area (Å²) in [4.78, 5) is 40.0. The van der Waals surface area contributed by atoms with Gasteiger partial charge in [0.25, 0.3) is 5.91 Å². The predicted octanol–water partition coefficient (Wildman–Crippen LogP) is 1.82. The summed E-state index contributed by atoms with van der Waals surface area (Å²) in [7, 11) is 3.68. The number of aliphatic hydroxyl groups is 3. The van der Waals surface area contributed by atoms with Crippen molar-refractivity contribution in [3.05, 3.63) is 75.6 Å². The van der Waals surface area contributed by atoms with Gasteiger partial charge in [-0.25, -0.2) is 0 Å². The lowest BCUT2D eigenvalue weighted by Gasteiger charge is -2.46. The van der Waals surface area contributed by atoms with E-state index >= 15 is 0 Å². The number of hydrogen-bond donors (Lipinski definition) is 6. The Morgan fingerprint density at radius 1 is 1.12 bits per heavy atom. The molecule has 2 aromatic rings. The summed E-state index contributed by atoms with van der Waals surface area (Å²) >= 11 is 0. The van der Waals surface area contributed by atoms with Gasteiger partial charge < -0.3 is 36.4 Å². The third kappa shape index (κ3) is 4.24. The normalized spacial score (nSPS) is 24.0. The number of nitrogens with two attached hydrogens (primary N) is 1. The summed E-state index contributed by atoms with van der Waals surface area (Å²) in [5.41, 5.74) is 4.90. The number of hydrogen-bond acceptors (Lipinski definition) is 9. The van der Waals surface area contributed by atoms with Crippen molar-refractivity contribution >= 4 is 28.9 Å². The highest BCUT2D eigenvalue weighted by Crippen LogP contribution is 2.53. The molecule has 3 unspecified atom stereocenters. The van der Waals surface area contributed by atoms with Gasteiger partial charge >= 0.3 is 0 Å². The molecular formula is C30H33N3O7. The monoisotopic (exact) mass is 547 g/mol. The van der Waals surface area contributed by atoms with Gasteiger partial charge in [0, 0.05) is 49.8 Å². The first-order valence-electron chi connectivity index (χ1n) is 13.2. The van der Waals surface area contributed by atoms with Gasteiger partial charge in [0.15, 0.2) is 11.4 Å². The molecule has 10 heteroatoms. The van der Waals surface area contributed by atoms with E-state index in [1.807, 2.05) is 55.4 Å². The van der Waals surface area contributed by atoms with Crippen molar-refractivity contribution in [1.82, 2.24) is 5.32 Å². The minimum atomic E-state index is -2.58. The number of carbonyl (C=O) groups excluding carboxylic acids is 3. The number of nitrogens with zero attached hydrogens (tertiary/aromatic N) is 1. The Bertz CT molecular complexity index is 1480. The number of primary amides is 1. The van der Waals surface area contributed by atoms with Crippen molar-refractivity contribution in [2.75, 3.05) is 25.5 Å². The van der Waals surface area contributed by atoms with Gasteiger partial charge in [-0.3, -0.25) is 14.4 Å². The zero-order valence-corrected chi connectivity index (χ0v) is 22.4. The lowest BCUT2D eigenvalue weighted by Crippen LogP contribution is -2.58. The van der Waals surface area contributed by atoms with Crippen LogP contribution in [0.2, 0.25) is 0 Å². The second kappa shape index (κ2) is 10.1. The second-order valence-corrected chi connectivity index (χ2v) is 11.0. The quantitative estimate of drug-likeness (QED) is 0.223. The number of ketones is 2. The summed E-state index contributed by atoms with van der Waals surface area (Å²) in [6.45, 7) is 0.943. The number of nitrogens with one attached hydrogen (secondary N) is 1. The van der Waals surface area contributed by atoms with Crippen molar-refractivity contribution in [2.45, 2.75) is 37.8 Å². The predicted molar refractivity (Wildman–Crippen MR) is 148 cm³/mol. The number of phenolic OH excluding ortho intramolecular Hbond substituents is 1. The van der Waals surface area contributed by atoms with E-state index in [-0.39, 0.29) is 36.1 Å². The highest BCUT2D eigenvalue weighted by molar-refractivity contribution is 6.22. The molecule has 2 aromatic carbocycles. The van der Waals surface area contributed by atoms with Crippen LogP contribution in [0.25, 0.3) is 5.76 Å². The summed E-state index contributed by atoms with van der Waals surface area (Å²) in [6.07, 6.45) is 0.795. The van der Waals surface area contributed by atoms with E-state index in [0.717, 1.165) is 12.1 Å². The maximum absolute atomic E-state index is 13.8. The Morgan fingerprint density at radius 3 is 2.48 bits per heavy atom. The Labute approximate surface area is 231 Å². The lowest BCUT2D eigenvalue weighted by atomic mass is 9.59. The minimum Gasteiger partial charge on any atom is -0.508 e. The molecule has 0 bridgehead atoms. The average Bonchev–Trinajstić information content (AvgIpc) is 2.90. The number of anilines is 1. The van der Waals surface area contributed by atoms with Crippen LogP contribution in [-0.2, 0) is 33.8 Å². The number of benzene rings is 2. The average molecular weight is 548 g/mol. The van der Waals surface area contributed by atoms with Gasteiger partial charge in [0.1, 0.15) is 22.8 Å². The number of fused-ring (bicyclic) bond motifs is 3. The third-order valence-corrected chi connectivity index (χ3v) is 8.35. The van der Waals surface area contributed by atoms with Gasteiger partial charge in [-0.1, -0.05) is 30.3 Å². The molecule has 7 N–H and O–H groups in total. The topological polar surface area (TPSA) is 173 Å². The fourth-order valence-electron chi connectivity index (χ4n) is 6.36. The Kier molecular flexibility index (Phi) is 6.93. The Hall–Kier alpha value is -4.15. The number of carbonyl (C=O) groups is 3. The first-order valence-corrected chi connectivity index (χ1v) is 13.2. The van der Waals surface area contributed by atoms with Crippen LogP contribution in [0.3, 0.4) is 0 Å². The van der Waals surface area contributed by atoms with E-state index < -0.39 is 52.0 Å². The SMILES string of the molecule is CN(C)c1cc(CNCCc2ccccc2)c(O)c2c1CC1CC3CC(=O)C(C(N)=O)=C(O)C3(O)C(=O)C1=C2O. The van der Waals surface area contributed by atoms with E-state index in [9.17, 15) is 34.8 Å². The molecular weight excluding hydrogens is 514 g/mol. The van der Waals surface area contributed by atoms with E-state index in [4.69, 9.17) is 5.73 Å². The van der Waals surface area contributed by atoms with Crippen molar-refractivity contribution in [3.63, 3.8) is 0 Å². The maximum atomic E-state index is 13.8. The molecule has 5 rings (SSSR count). The van der Waals surface area contributed by atoms with Gasteiger partial charge in [-0.15, -0.1) is 0 Å². The Morgan fingerprint density at radius 2 is 1.82 bits per heavy atom. The van der Waals surface area contributed by atoms with Crippen molar-refractivity contribution in [3.8, 4) is 5.75 Å². The van der Waals surface area contributed by atoms with Crippen LogP contribution in [0.15, 0.2) is 53.3 Å². The second-order valence-electron chi connectivity index (χ2n) is 11.0. The molecule has 1 amide bonds. The number of phenols is 1. The number of Topliss-reactive ketones (excluding diaryl/α,β-unsaturated/α-hetero) is 2. The van der Waals surface area contributed by atoms with E-state index in [0.29, 0.717) is 24.2 Å². The molecule has 210 valence electrons. The molecule has 40 heavy (non-hydrogen) atoms. The van der Waals surface area contributed by atoms with Crippen LogP contribution in [0.4, 0.5) is 5.69 Å². The number of amides is 1. The zero-order chi connectivity index (χ0) is 28.9. The van der Waals surface area contributed by atoms with Gasteiger partial charge in [-0.2, -0.15) is 0 Å². The fourth-order valence-corrected chi connectivity index (χ4v) is 6.36. The molecule has 3 atom stereocenters. The third-order valence-electron chi connectivity index (χ3n) is 8.35. The molecule has 3 aliphatic rings. The van der Waals surface area contributed by atoms with Crippen LogP contribution in [0.5, 0.6) is 5.75 Å². The molecule has 10 nitrogen and oxygen atoms in total. The molecule has 0 aromatic heterocycles. The van der Waals surface area contributed by atoms with E-state index in [1.165, 1.54) is 5.56 Å². The number of rotatable bonds is 7. The highest BCUT2D eigenvalue weighted by atomic mass is 16.3. The largest absolute Gasteiger partial charge is 0.508 e. The van der Waals surface area contributed by atoms with Crippen LogP contribution in [-0.4, -0.2) is 64.1 Å². The van der Waals surface area contributed by atoms with Crippen LogP contribution in [0, 0.1) is 11.8 Å². The van der Waals surface area contributed by atoms with E-state index in [2.05, 4.69) is 5.32 Å². The van der Waals surface area contributed by atoms with Gasteiger partial charge in [-0.05, 0) is 48.9 Å². The first-order chi connectivity index (χ1) is 19.0. The van der Waals surface area contributed by atoms with Crippen LogP contribution < -0.4 is 16.0 Å². The van der Waals surface area contributed by atoms with Gasteiger partial charge in [0.05, 0.1) is 5.56 Å². The number of aliphatic hydroxyl groups excluding tert-OH is 2. The summed E-state index contributed by atoms with van der Waals surface area (Å²) in [5, 5.41) is 48.3. The van der Waals surface area contributed by atoms with Crippen LogP contribution in [0.1, 0.15) is 35.1 Å². The molecule has 0 heterocycles. The highest BCUT2D eigenvalue weighted by Gasteiger charge is 2.60. The lowest BCUT2D eigenvalue weighted by molar-refractivity contribution is -0.147. The molecule has 3 aliphatic carbocycles. The molecule has 0 aliphatic heterocycles. The molecule has 1 saturated carbocycles. The molecule has 0 saturated heterocycles. The fraction of sp³-hybridized carbons (Fsp3) is 0.367. The summed E-state index contributed by atoms with van der Waals surface area (Å²) in [5.74, 6) is -6.30. The smallest absolute Gasteiger partial charge is 0.255 e. The standard InChI is InChI=1S/C30H33N3O7/c1-33(2)20-12-17(14-32-9-8-15-6-4-3-5-7-15)25(35)23-19(20)11-16-10-18-13-21(34)24(29(31)39)28(38)30(18,40)27(37)22(16)26(23)36/h3-7,12,16,18,32,35-36,38,40H,8-11,13-14H2,1-2H3,(H2,31,39). The zero-order valence-electron chi connectivity index (χ0n) is 22.4.